The predicted octanol–water partition coefficient (Wildman–Crippen LogP) is 3.39. The number of nitro benzene ring substituents is 1. The van der Waals surface area contributed by atoms with E-state index in [9.17, 15) is 28.4 Å². The second-order valence-electron chi connectivity index (χ2n) is 4.38. The van der Waals surface area contributed by atoms with E-state index < -0.39 is 22.3 Å². The number of benzene rings is 2. The lowest BCUT2D eigenvalue weighted by molar-refractivity contribution is -0.384. The van der Waals surface area contributed by atoms with Crippen molar-refractivity contribution in [2.24, 2.45) is 0 Å². The lowest BCUT2D eigenvalue weighted by Crippen LogP contribution is -2.43. The SMILES string of the molecule is O=[N+]([O-])c1ccc(C(O)(c2ccccc2)C(F)(F)[18F])cc1. The zero-order valence-electron chi connectivity index (χ0n) is 10.5. The van der Waals surface area contributed by atoms with Gasteiger partial charge in [0.25, 0.3) is 5.69 Å². The summed E-state index contributed by atoms with van der Waals surface area (Å²) in [7, 11) is 0. The van der Waals surface area contributed by atoms with Gasteiger partial charge in [-0.3, -0.25) is 10.1 Å². The summed E-state index contributed by atoms with van der Waals surface area (Å²) in [5.41, 5.74) is -4.40. The highest BCUT2D eigenvalue weighted by Crippen LogP contribution is 2.44. The highest BCUT2D eigenvalue weighted by Gasteiger charge is 2.56. The van der Waals surface area contributed by atoms with Gasteiger partial charge >= 0.3 is 6.18 Å². The first kappa shape index (κ1) is 15.0. The third kappa shape index (κ3) is 2.59. The molecule has 110 valence electrons. The van der Waals surface area contributed by atoms with Crippen molar-refractivity contribution in [2.75, 3.05) is 0 Å². The monoisotopic (exact) mass is 296 g/mol. The lowest BCUT2D eigenvalue weighted by Gasteiger charge is -2.31. The van der Waals surface area contributed by atoms with Crippen LogP contribution in [-0.4, -0.2) is 16.2 Å². The van der Waals surface area contributed by atoms with Gasteiger partial charge in [0.05, 0.1) is 4.92 Å². The van der Waals surface area contributed by atoms with E-state index >= 15 is 0 Å². The Morgan fingerprint density at radius 1 is 0.905 bits per heavy atom. The summed E-state index contributed by atoms with van der Waals surface area (Å²) in [6, 6.07) is 10.2. The Morgan fingerprint density at radius 3 is 1.81 bits per heavy atom. The maximum atomic E-state index is 13.4. The Hall–Kier alpha value is -2.41. The maximum absolute atomic E-state index is 13.4. The van der Waals surface area contributed by atoms with E-state index in [4.69, 9.17) is 0 Å². The molecule has 0 aliphatic carbocycles. The smallest absolute Gasteiger partial charge is 0.372 e. The molecule has 0 fully saturated rings. The van der Waals surface area contributed by atoms with Gasteiger partial charge in [0.1, 0.15) is 0 Å². The van der Waals surface area contributed by atoms with Crippen molar-refractivity contribution >= 4 is 5.69 Å². The van der Waals surface area contributed by atoms with Crippen molar-refractivity contribution in [3.8, 4) is 0 Å². The maximum Gasteiger partial charge on any atom is 0.425 e. The predicted molar refractivity (Wildman–Crippen MR) is 68.6 cm³/mol. The lowest BCUT2D eigenvalue weighted by atomic mass is 9.85. The van der Waals surface area contributed by atoms with Gasteiger partial charge in [-0.15, -0.1) is 0 Å². The zero-order chi connectivity index (χ0) is 15.7. The number of halogens is 3. The first-order valence-electron chi connectivity index (χ1n) is 5.86. The first-order chi connectivity index (χ1) is 9.76. The largest absolute Gasteiger partial charge is 0.425 e. The Balaban J connectivity index is 2.59. The average Bonchev–Trinajstić information content (AvgIpc) is 2.46. The molecule has 0 heterocycles. The fourth-order valence-electron chi connectivity index (χ4n) is 2.00. The van der Waals surface area contributed by atoms with Crippen LogP contribution in [0.25, 0.3) is 0 Å². The molecule has 0 aliphatic rings. The van der Waals surface area contributed by atoms with Gasteiger partial charge in [-0.1, -0.05) is 30.3 Å². The Kier molecular flexibility index (Phi) is 3.69. The standard InChI is InChI=1S/C14H10F3NO3/c15-14(16,17)13(19,10-4-2-1-3-5-10)11-6-8-12(9-7-11)18(20)21/h1-9,19H/i15-1. The normalized spacial score (nSPS) is 14.5. The zero-order valence-corrected chi connectivity index (χ0v) is 10.5. The van der Waals surface area contributed by atoms with Crippen LogP contribution in [0.1, 0.15) is 11.1 Å². The molecule has 0 spiro atoms. The third-order valence-corrected chi connectivity index (χ3v) is 3.10. The van der Waals surface area contributed by atoms with E-state index in [-0.39, 0.29) is 11.3 Å². The molecule has 2 aromatic carbocycles. The molecule has 0 aromatic heterocycles. The quantitative estimate of drug-likeness (QED) is 0.697. The first-order valence-corrected chi connectivity index (χ1v) is 5.86. The molecule has 2 rings (SSSR count). The molecule has 1 N–H and O–H groups in total. The van der Waals surface area contributed by atoms with Gasteiger partial charge in [-0.2, -0.15) is 13.2 Å². The van der Waals surface area contributed by atoms with Crippen molar-refractivity contribution in [3.05, 3.63) is 75.8 Å². The molecule has 0 aliphatic heterocycles. The fourth-order valence-corrected chi connectivity index (χ4v) is 2.00. The van der Waals surface area contributed by atoms with Crippen LogP contribution in [0.3, 0.4) is 0 Å². The topological polar surface area (TPSA) is 63.4 Å². The van der Waals surface area contributed by atoms with Crippen LogP contribution in [0, 0.1) is 10.1 Å². The summed E-state index contributed by atoms with van der Waals surface area (Å²) in [6.07, 6.45) is -4.97. The molecule has 0 amide bonds. The molecule has 1 unspecified atom stereocenters. The number of nitrogens with zero attached hydrogens (tertiary/aromatic N) is 1. The number of rotatable bonds is 3. The van der Waals surface area contributed by atoms with E-state index in [1.165, 1.54) is 18.2 Å². The molecule has 21 heavy (non-hydrogen) atoms. The van der Waals surface area contributed by atoms with E-state index in [1.54, 1.807) is 0 Å². The number of non-ortho nitro benzene ring substituents is 1. The highest BCUT2D eigenvalue weighted by molar-refractivity contribution is 5.42. The van der Waals surface area contributed by atoms with E-state index in [0.29, 0.717) is 0 Å². The van der Waals surface area contributed by atoms with Crippen LogP contribution in [0.5, 0.6) is 0 Å². The van der Waals surface area contributed by atoms with Gasteiger partial charge in [-0.05, 0) is 23.3 Å². The minimum atomic E-state index is -4.97. The molecular weight excluding hydrogens is 286 g/mol. The second kappa shape index (κ2) is 5.17. The van der Waals surface area contributed by atoms with Gasteiger partial charge in [0.15, 0.2) is 0 Å². The Morgan fingerprint density at radius 2 is 1.38 bits per heavy atom. The summed E-state index contributed by atoms with van der Waals surface area (Å²) < 4.78 is 40.1. The number of nitro groups is 1. The van der Waals surface area contributed by atoms with Gasteiger partial charge in [-0.25, -0.2) is 0 Å². The number of hydrogen-bond donors (Lipinski definition) is 1. The summed E-state index contributed by atoms with van der Waals surface area (Å²) in [5, 5.41) is 20.8. The van der Waals surface area contributed by atoms with Gasteiger partial charge < -0.3 is 5.11 Å². The van der Waals surface area contributed by atoms with E-state index in [2.05, 4.69) is 0 Å². The molecule has 0 saturated carbocycles. The van der Waals surface area contributed by atoms with Crippen molar-refractivity contribution in [1.82, 2.24) is 0 Å². The number of alkyl halides is 3. The molecular formula is C14H10F3NO3. The average molecular weight is 296 g/mol. The van der Waals surface area contributed by atoms with Gasteiger partial charge in [0, 0.05) is 12.1 Å². The van der Waals surface area contributed by atoms with Crippen LogP contribution in [0.4, 0.5) is 18.9 Å². The fraction of sp³-hybridized carbons (Fsp3) is 0.143. The molecule has 1 atom stereocenters. The molecule has 0 bridgehead atoms. The Labute approximate surface area is 117 Å². The minimum absolute atomic E-state index is 0.351. The number of hydrogen-bond acceptors (Lipinski definition) is 3. The molecule has 0 radical (unpaired) electrons. The molecule has 2 aromatic rings. The summed E-state index contributed by atoms with van der Waals surface area (Å²) in [4.78, 5) is 9.83. The van der Waals surface area contributed by atoms with Crippen molar-refractivity contribution in [1.29, 1.82) is 0 Å². The highest BCUT2D eigenvalue weighted by atomic mass is 19.3. The van der Waals surface area contributed by atoms with Crippen LogP contribution >= 0.6 is 0 Å². The minimum Gasteiger partial charge on any atom is -0.372 e. The number of aliphatic hydroxyl groups is 1. The van der Waals surface area contributed by atoms with Crippen LogP contribution in [-0.2, 0) is 5.60 Å². The molecule has 0 saturated heterocycles. The summed E-state index contributed by atoms with van der Waals surface area (Å²) in [6.45, 7) is 0. The third-order valence-electron chi connectivity index (χ3n) is 3.10. The molecule has 4 nitrogen and oxygen atoms in total. The van der Waals surface area contributed by atoms with Crippen LogP contribution < -0.4 is 0 Å². The van der Waals surface area contributed by atoms with Crippen LogP contribution in [0.2, 0.25) is 0 Å². The van der Waals surface area contributed by atoms with E-state index in [0.717, 1.165) is 36.4 Å². The van der Waals surface area contributed by atoms with Gasteiger partial charge in [0.2, 0.25) is 5.60 Å². The Bertz CT molecular complexity index is 641. The van der Waals surface area contributed by atoms with Crippen molar-refractivity contribution < 1.29 is 23.2 Å². The second-order valence-corrected chi connectivity index (χ2v) is 4.38. The van der Waals surface area contributed by atoms with Crippen molar-refractivity contribution in [3.63, 3.8) is 0 Å². The van der Waals surface area contributed by atoms with Crippen molar-refractivity contribution in [2.45, 2.75) is 11.8 Å². The summed E-state index contributed by atoms with van der Waals surface area (Å²) >= 11 is 0. The van der Waals surface area contributed by atoms with Crippen LogP contribution in [0.15, 0.2) is 54.6 Å². The molecule has 7 heteroatoms. The van der Waals surface area contributed by atoms with E-state index in [1.807, 2.05) is 0 Å². The summed E-state index contributed by atoms with van der Waals surface area (Å²) in [5.74, 6) is 0.